The van der Waals surface area contributed by atoms with Crippen LogP contribution < -0.4 is 0 Å². The van der Waals surface area contributed by atoms with Crippen LogP contribution in [0, 0.1) is 0 Å². The first-order valence-electron chi connectivity index (χ1n) is 8.51. The van der Waals surface area contributed by atoms with E-state index in [1.165, 1.54) is 0 Å². The van der Waals surface area contributed by atoms with Gasteiger partial charge in [-0.2, -0.15) is 10.2 Å². The molecule has 0 N–H and O–H groups in total. The van der Waals surface area contributed by atoms with E-state index >= 15 is 0 Å². The maximum Gasteiger partial charge on any atom is 0.170 e. The number of nitrogens with zero attached hydrogens (tertiary/aromatic N) is 8. The van der Waals surface area contributed by atoms with Gasteiger partial charge in [0.1, 0.15) is 6.33 Å². The zero-order chi connectivity index (χ0) is 18.4. The predicted molar refractivity (Wildman–Crippen MR) is 104 cm³/mol. The van der Waals surface area contributed by atoms with Gasteiger partial charge >= 0.3 is 0 Å². The van der Waals surface area contributed by atoms with Gasteiger partial charge in [0.15, 0.2) is 17.1 Å². The lowest BCUT2D eigenvalue weighted by atomic mass is 10.2. The molecular formula is C18H15BrN8. The Morgan fingerprint density at radius 1 is 1.07 bits per heavy atom. The molecule has 0 saturated heterocycles. The van der Waals surface area contributed by atoms with E-state index in [1.807, 2.05) is 45.9 Å². The third-order valence-electron chi connectivity index (χ3n) is 4.43. The molecule has 0 amide bonds. The molecule has 9 heteroatoms. The van der Waals surface area contributed by atoms with Crippen molar-refractivity contribution in [1.82, 2.24) is 39.1 Å². The zero-order valence-corrected chi connectivity index (χ0v) is 16.0. The third kappa shape index (κ3) is 2.80. The topological polar surface area (TPSA) is 78.7 Å². The molecule has 0 fully saturated rings. The van der Waals surface area contributed by atoms with E-state index in [9.17, 15) is 0 Å². The number of para-hydroxylation sites is 1. The first kappa shape index (κ1) is 16.1. The van der Waals surface area contributed by atoms with E-state index in [1.54, 1.807) is 23.2 Å². The summed E-state index contributed by atoms with van der Waals surface area (Å²) in [6, 6.07) is 9.93. The second-order valence-electron chi connectivity index (χ2n) is 6.39. The van der Waals surface area contributed by atoms with Crippen LogP contribution in [0.1, 0.15) is 18.7 Å². The molecule has 1 aromatic carbocycles. The fourth-order valence-corrected chi connectivity index (χ4v) is 3.43. The second kappa shape index (κ2) is 6.27. The van der Waals surface area contributed by atoms with Crippen LogP contribution in [0.5, 0.6) is 0 Å². The van der Waals surface area contributed by atoms with Gasteiger partial charge in [0.05, 0.1) is 34.5 Å². The third-order valence-corrected chi connectivity index (χ3v) is 4.84. The van der Waals surface area contributed by atoms with Crippen molar-refractivity contribution in [2.45, 2.75) is 19.4 Å². The van der Waals surface area contributed by atoms with Crippen molar-refractivity contribution in [3.8, 4) is 5.69 Å². The van der Waals surface area contributed by atoms with Gasteiger partial charge in [0.25, 0.3) is 0 Å². The van der Waals surface area contributed by atoms with E-state index in [4.69, 9.17) is 4.98 Å². The summed E-state index contributed by atoms with van der Waals surface area (Å²) >= 11 is 3.42. The molecule has 4 heterocycles. The molecule has 0 aliphatic rings. The molecule has 5 aromatic rings. The normalized spacial score (nSPS) is 12.8. The van der Waals surface area contributed by atoms with Crippen LogP contribution in [0.25, 0.3) is 22.4 Å². The quantitative estimate of drug-likeness (QED) is 0.444. The number of fused-ring (bicyclic) bond motifs is 3. The van der Waals surface area contributed by atoms with Gasteiger partial charge in [-0.25, -0.2) is 19.2 Å². The van der Waals surface area contributed by atoms with Crippen LogP contribution in [0.15, 0.2) is 59.7 Å². The highest BCUT2D eigenvalue weighted by Crippen LogP contribution is 2.22. The lowest BCUT2D eigenvalue weighted by Gasteiger charge is -2.06. The number of rotatable bonds is 4. The van der Waals surface area contributed by atoms with Gasteiger partial charge < -0.3 is 0 Å². The van der Waals surface area contributed by atoms with Gasteiger partial charge in [0.2, 0.25) is 0 Å². The zero-order valence-electron chi connectivity index (χ0n) is 14.4. The monoisotopic (exact) mass is 422 g/mol. The lowest BCUT2D eigenvalue weighted by Crippen LogP contribution is -2.08. The summed E-state index contributed by atoms with van der Waals surface area (Å²) in [5, 5.41) is 14.3. The second-order valence-corrected chi connectivity index (χ2v) is 7.31. The SMILES string of the molecule is C[C@@H](Cn1cc(Br)cn1)c1nc2c3cnn(-c4ccccc4)c3ncn2n1. The van der Waals surface area contributed by atoms with Crippen LogP contribution in [-0.4, -0.2) is 39.1 Å². The van der Waals surface area contributed by atoms with Crippen molar-refractivity contribution in [3.63, 3.8) is 0 Å². The first-order valence-corrected chi connectivity index (χ1v) is 9.31. The number of benzene rings is 1. The van der Waals surface area contributed by atoms with E-state index in [2.05, 4.69) is 43.1 Å². The number of halogens is 1. The molecule has 0 aliphatic heterocycles. The van der Waals surface area contributed by atoms with Crippen molar-refractivity contribution in [3.05, 3.63) is 65.5 Å². The molecule has 0 radical (unpaired) electrons. The summed E-state index contributed by atoms with van der Waals surface area (Å²) < 4.78 is 6.36. The number of aromatic nitrogens is 8. The standard InChI is InChI=1S/C18H15BrN8/c1-12(9-25-10-13(19)7-21-25)16-23-18-15-8-22-27(14-5-3-2-4-6-14)17(15)20-11-26(18)24-16/h2-8,10-12H,9H2,1H3/t12-/m0/s1. The Bertz CT molecular complexity index is 1240. The summed E-state index contributed by atoms with van der Waals surface area (Å²) in [5.74, 6) is 0.860. The molecule has 0 spiro atoms. The average molecular weight is 423 g/mol. The minimum absolute atomic E-state index is 0.107. The van der Waals surface area contributed by atoms with Crippen molar-refractivity contribution < 1.29 is 0 Å². The van der Waals surface area contributed by atoms with E-state index in [0.717, 1.165) is 32.7 Å². The molecule has 0 bridgehead atoms. The average Bonchev–Trinajstić information content (AvgIpc) is 3.39. The Kier molecular flexibility index (Phi) is 3.75. The Morgan fingerprint density at radius 3 is 2.70 bits per heavy atom. The largest absolute Gasteiger partial charge is 0.271 e. The molecule has 134 valence electrons. The van der Waals surface area contributed by atoms with Gasteiger partial charge in [-0.15, -0.1) is 5.10 Å². The highest BCUT2D eigenvalue weighted by molar-refractivity contribution is 9.10. The highest BCUT2D eigenvalue weighted by Gasteiger charge is 2.17. The van der Waals surface area contributed by atoms with E-state index < -0.39 is 0 Å². The maximum atomic E-state index is 4.76. The van der Waals surface area contributed by atoms with E-state index in [0.29, 0.717) is 6.54 Å². The molecule has 8 nitrogen and oxygen atoms in total. The predicted octanol–water partition coefficient (Wildman–Crippen LogP) is 3.23. The van der Waals surface area contributed by atoms with Gasteiger partial charge in [-0.05, 0) is 28.1 Å². The van der Waals surface area contributed by atoms with Gasteiger partial charge in [0, 0.05) is 12.1 Å². The van der Waals surface area contributed by atoms with E-state index in [-0.39, 0.29) is 5.92 Å². The molecule has 5 rings (SSSR count). The molecule has 27 heavy (non-hydrogen) atoms. The van der Waals surface area contributed by atoms with Crippen molar-refractivity contribution >= 4 is 32.6 Å². The fraction of sp³-hybridized carbons (Fsp3) is 0.167. The molecule has 0 saturated carbocycles. The van der Waals surface area contributed by atoms with Crippen molar-refractivity contribution in [1.29, 1.82) is 0 Å². The van der Waals surface area contributed by atoms with Crippen LogP contribution >= 0.6 is 15.9 Å². The minimum Gasteiger partial charge on any atom is -0.271 e. The lowest BCUT2D eigenvalue weighted by molar-refractivity contribution is 0.524. The van der Waals surface area contributed by atoms with Crippen molar-refractivity contribution in [2.75, 3.05) is 0 Å². The maximum absolute atomic E-state index is 4.76. The number of hydrogen-bond donors (Lipinski definition) is 0. The molecule has 4 aromatic heterocycles. The Hall–Kier alpha value is -3.07. The summed E-state index contributed by atoms with van der Waals surface area (Å²) in [6.07, 6.45) is 7.19. The molecular weight excluding hydrogens is 408 g/mol. The summed E-state index contributed by atoms with van der Waals surface area (Å²) in [4.78, 5) is 9.30. The highest BCUT2D eigenvalue weighted by atomic mass is 79.9. The summed E-state index contributed by atoms with van der Waals surface area (Å²) in [6.45, 7) is 2.78. The van der Waals surface area contributed by atoms with Crippen LogP contribution in [0.3, 0.4) is 0 Å². The Labute approximate surface area is 162 Å². The molecule has 0 unspecified atom stereocenters. The van der Waals surface area contributed by atoms with Gasteiger partial charge in [-0.3, -0.25) is 4.68 Å². The van der Waals surface area contributed by atoms with Crippen LogP contribution in [0.4, 0.5) is 0 Å². The smallest absolute Gasteiger partial charge is 0.170 e. The van der Waals surface area contributed by atoms with Crippen molar-refractivity contribution in [2.24, 2.45) is 0 Å². The fourth-order valence-electron chi connectivity index (χ4n) is 3.10. The summed E-state index contributed by atoms with van der Waals surface area (Å²) in [7, 11) is 0. The minimum atomic E-state index is 0.107. The van der Waals surface area contributed by atoms with Gasteiger partial charge in [-0.1, -0.05) is 25.1 Å². The Balaban J connectivity index is 1.55. The first-order chi connectivity index (χ1) is 13.2. The summed E-state index contributed by atoms with van der Waals surface area (Å²) in [5.41, 5.74) is 2.48. The molecule has 1 atom stereocenters. The Morgan fingerprint density at radius 2 is 1.93 bits per heavy atom. The van der Waals surface area contributed by atoms with Crippen LogP contribution in [0.2, 0.25) is 0 Å². The number of hydrogen-bond acceptors (Lipinski definition) is 5. The molecule has 0 aliphatic carbocycles. The van der Waals surface area contributed by atoms with Crippen LogP contribution in [-0.2, 0) is 6.54 Å².